The zero-order chi connectivity index (χ0) is 15.0. The number of halogens is 2. The zero-order valence-electron chi connectivity index (χ0n) is 14.1. The monoisotopic (exact) mass is 407 g/mol. The van der Waals surface area contributed by atoms with Gasteiger partial charge in [0.05, 0.1) is 0 Å². The molecule has 121 valence electrons. The van der Waals surface area contributed by atoms with Crippen LogP contribution in [0.25, 0.3) is 0 Å². The van der Waals surface area contributed by atoms with Gasteiger partial charge in [-0.3, -0.25) is 0 Å². The molecule has 0 heterocycles. The van der Waals surface area contributed by atoms with E-state index in [1.807, 2.05) is 0 Å². The van der Waals surface area contributed by atoms with Gasteiger partial charge >= 0.3 is 141 Å². The van der Waals surface area contributed by atoms with Gasteiger partial charge in [0.25, 0.3) is 0 Å². The van der Waals surface area contributed by atoms with Crippen molar-refractivity contribution in [3.05, 3.63) is 44.9 Å². The van der Waals surface area contributed by atoms with Gasteiger partial charge in [-0.1, -0.05) is 0 Å². The summed E-state index contributed by atoms with van der Waals surface area (Å²) in [5.41, 5.74) is 4.59. The number of rotatable bonds is 4. The van der Waals surface area contributed by atoms with Crippen LogP contribution in [0.4, 0.5) is 0 Å². The van der Waals surface area contributed by atoms with Crippen LogP contribution in [0.3, 0.4) is 0 Å². The predicted molar refractivity (Wildman–Crippen MR) is 91.2 cm³/mol. The molecule has 0 aliphatic heterocycles. The summed E-state index contributed by atoms with van der Waals surface area (Å²) >= 11 is 4.58. The van der Waals surface area contributed by atoms with Gasteiger partial charge in [0, 0.05) is 0 Å². The minimum Gasteiger partial charge on any atom is -1.00 e. The van der Waals surface area contributed by atoms with E-state index in [1.165, 1.54) is 18.4 Å². The summed E-state index contributed by atoms with van der Waals surface area (Å²) < 4.78 is 1.87. The maximum Gasteiger partial charge on any atom is -1.00 e. The fraction of sp³-hybridized carbons (Fsp3) is 0.529. The Balaban J connectivity index is 0.00000220. The van der Waals surface area contributed by atoms with Gasteiger partial charge in [0.15, 0.2) is 0 Å². The first kappa shape index (κ1) is 22.8. The quantitative estimate of drug-likeness (QED) is 0.579. The van der Waals surface area contributed by atoms with Gasteiger partial charge in [-0.25, -0.2) is 0 Å². The third-order valence-corrected chi connectivity index (χ3v) is 9.39. The molecule has 5 heteroatoms. The Bertz CT molecular complexity index is 529. The Morgan fingerprint density at radius 3 is 2.32 bits per heavy atom. The SMILES string of the molecule is CC1=CCC(CC2=[C]([Ti+2])CC=C2)(S[Si](C)(C)C)C(C)=C1.[Cl-].[Cl-]. The first-order valence-corrected chi connectivity index (χ1v) is 13.2. The van der Waals surface area contributed by atoms with Crippen LogP contribution in [0, 0.1) is 0 Å². The van der Waals surface area contributed by atoms with E-state index in [0.717, 1.165) is 6.42 Å². The third-order valence-electron chi connectivity index (χ3n) is 3.92. The Labute approximate surface area is 165 Å². The summed E-state index contributed by atoms with van der Waals surface area (Å²) in [6, 6.07) is 0. The molecule has 0 spiro atoms. The smallest absolute Gasteiger partial charge is 1.00 e. The molecule has 0 nitrogen and oxygen atoms in total. The summed E-state index contributed by atoms with van der Waals surface area (Å²) in [5.74, 6) is 0. The van der Waals surface area contributed by atoms with Crippen LogP contribution >= 0.6 is 11.2 Å². The molecule has 0 radical (unpaired) electrons. The van der Waals surface area contributed by atoms with E-state index >= 15 is 0 Å². The van der Waals surface area contributed by atoms with E-state index in [4.69, 9.17) is 0 Å². The fourth-order valence-corrected chi connectivity index (χ4v) is 9.70. The molecule has 22 heavy (non-hydrogen) atoms. The van der Waals surface area contributed by atoms with Gasteiger partial charge in [0.1, 0.15) is 0 Å². The molecular weight excluding hydrogens is 383 g/mol. The van der Waals surface area contributed by atoms with Crippen molar-refractivity contribution < 1.29 is 45.2 Å². The van der Waals surface area contributed by atoms with Crippen molar-refractivity contribution in [3.63, 3.8) is 0 Å². The van der Waals surface area contributed by atoms with Crippen molar-refractivity contribution in [2.45, 2.75) is 57.5 Å². The standard InChI is InChI=1S/C17H25SSi.2ClH.Ti/c1-14-10-11-17(15(2)12-14,18-19(3,4)5)13-16-8-6-7-9-16;;;/h6,8,10,12H,7,11,13H2,1-5H3;2*1H;/q;;;+2/p-2. The normalized spacial score (nSPS) is 24.5. The molecule has 0 amide bonds. The van der Waals surface area contributed by atoms with Gasteiger partial charge in [-0.05, 0) is 0 Å². The Morgan fingerprint density at radius 2 is 1.86 bits per heavy atom. The summed E-state index contributed by atoms with van der Waals surface area (Å²) in [4.78, 5) is 0. The van der Waals surface area contributed by atoms with Crippen molar-refractivity contribution in [2.75, 3.05) is 0 Å². The minimum atomic E-state index is -1.17. The molecule has 0 fully saturated rings. The Morgan fingerprint density at radius 1 is 1.23 bits per heavy atom. The van der Waals surface area contributed by atoms with Crippen LogP contribution in [0.2, 0.25) is 19.6 Å². The van der Waals surface area contributed by atoms with Crippen LogP contribution in [0.1, 0.15) is 33.1 Å². The fourth-order valence-electron chi connectivity index (χ4n) is 3.00. The average Bonchev–Trinajstić information content (AvgIpc) is 2.68. The van der Waals surface area contributed by atoms with Crippen molar-refractivity contribution in [1.82, 2.24) is 0 Å². The van der Waals surface area contributed by atoms with Crippen molar-refractivity contribution in [1.29, 1.82) is 0 Å². The van der Waals surface area contributed by atoms with E-state index in [0.29, 0.717) is 4.75 Å². The molecule has 0 N–H and O–H groups in total. The van der Waals surface area contributed by atoms with E-state index in [1.54, 1.807) is 15.0 Å². The van der Waals surface area contributed by atoms with Crippen LogP contribution < -0.4 is 24.8 Å². The minimum absolute atomic E-state index is 0. The number of hydrogen-bond acceptors (Lipinski definition) is 1. The summed E-state index contributed by atoms with van der Waals surface area (Å²) in [6.45, 7) is 12.0. The number of hydrogen-bond donors (Lipinski definition) is 0. The van der Waals surface area contributed by atoms with E-state index in [-0.39, 0.29) is 24.8 Å². The predicted octanol–water partition coefficient (Wildman–Crippen LogP) is -0.251. The van der Waals surface area contributed by atoms with Gasteiger partial charge in [0.2, 0.25) is 0 Å². The van der Waals surface area contributed by atoms with Crippen LogP contribution in [0.5, 0.6) is 0 Å². The second-order valence-electron chi connectivity index (χ2n) is 6.98. The first-order chi connectivity index (χ1) is 9.22. The third kappa shape index (κ3) is 5.72. The Hall–Kier alpha value is 0.821. The van der Waals surface area contributed by atoms with E-state index < -0.39 is 7.22 Å². The van der Waals surface area contributed by atoms with Crippen LogP contribution in [-0.4, -0.2) is 12.0 Å². The molecule has 0 saturated heterocycles. The largest absolute Gasteiger partial charge is 1.00 e. The second-order valence-corrected chi connectivity index (χ2v) is 17.4. The maximum atomic E-state index is 2.48. The molecule has 0 saturated carbocycles. The molecular formula is C17H25Cl2SSiTi. The van der Waals surface area contributed by atoms with Crippen molar-refractivity contribution >= 4 is 18.4 Å². The van der Waals surface area contributed by atoms with Crippen LogP contribution in [0.15, 0.2) is 44.9 Å². The zero-order valence-corrected chi connectivity index (χ0v) is 19.0. The van der Waals surface area contributed by atoms with E-state index in [2.05, 4.69) is 89.4 Å². The van der Waals surface area contributed by atoms with Crippen LogP contribution in [-0.2, 0) is 20.4 Å². The molecule has 1 atom stereocenters. The molecule has 1 unspecified atom stereocenters. The second kappa shape index (κ2) is 8.78. The molecule has 0 bridgehead atoms. The summed E-state index contributed by atoms with van der Waals surface area (Å²) in [5, 5.41) is 0. The number of allylic oxidation sites excluding steroid dienone is 7. The van der Waals surface area contributed by atoms with Gasteiger partial charge < -0.3 is 24.8 Å². The van der Waals surface area contributed by atoms with Gasteiger partial charge in [-0.15, -0.1) is 0 Å². The first-order valence-electron chi connectivity index (χ1n) is 7.38. The molecule has 0 aromatic heterocycles. The molecule has 2 rings (SSSR count). The van der Waals surface area contributed by atoms with Crippen molar-refractivity contribution in [3.8, 4) is 0 Å². The molecule has 0 aromatic carbocycles. The van der Waals surface area contributed by atoms with Crippen molar-refractivity contribution in [2.24, 2.45) is 0 Å². The Kier molecular flexibility index (Phi) is 9.11. The van der Waals surface area contributed by atoms with E-state index in [9.17, 15) is 0 Å². The molecule has 0 aromatic rings. The van der Waals surface area contributed by atoms with Gasteiger partial charge in [-0.2, -0.15) is 0 Å². The topological polar surface area (TPSA) is 0 Å². The average molecular weight is 408 g/mol. The molecule has 2 aliphatic carbocycles. The summed E-state index contributed by atoms with van der Waals surface area (Å²) in [6.07, 6.45) is 13.1. The molecule has 2 aliphatic rings. The maximum absolute atomic E-state index is 2.48. The summed E-state index contributed by atoms with van der Waals surface area (Å²) in [7, 11) is -1.17.